The lowest BCUT2D eigenvalue weighted by atomic mass is 10.0. The minimum atomic E-state index is -3.25. The third kappa shape index (κ3) is 2.75. The highest BCUT2D eigenvalue weighted by Crippen LogP contribution is 2.32. The predicted molar refractivity (Wildman–Crippen MR) is 65.4 cm³/mol. The number of aldehydes is 1. The van der Waals surface area contributed by atoms with E-state index in [0.717, 1.165) is 25.5 Å². The van der Waals surface area contributed by atoms with E-state index in [2.05, 4.69) is 0 Å². The number of hydrogen-bond donors (Lipinski definition) is 0. The maximum absolute atomic E-state index is 12.1. The number of carbonyl (C=O) groups is 1. The summed E-state index contributed by atoms with van der Waals surface area (Å²) in [5.41, 5.74) is 0. The van der Waals surface area contributed by atoms with Crippen LogP contribution in [-0.4, -0.2) is 20.5 Å². The lowest BCUT2D eigenvalue weighted by Gasteiger charge is -2.14. The molecule has 2 atom stereocenters. The quantitative estimate of drug-likeness (QED) is 0.771. The Morgan fingerprint density at radius 1 is 1.18 bits per heavy atom. The average molecular weight is 252 g/mol. The lowest BCUT2D eigenvalue weighted by molar-refractivity contribution is -0.111. The van der Waals surface area contributed by atoms with Gasteiger partial charge >= 0.3 is 0 Å². The van der Waals surface area contributed by atoms with E-state index in [1.54, 1.807) is 30.3 Å². The smallest absolute Gasteiger partial charge is 0.178 e. The van der Waals surface area contributed by atoms with Crippen molar-refractivity contribution in [1.29, 1.82) is 0 Å². The van der Waals surface area contributed by atoms with Crippen molar-refractivity contribution >= 4 is 16.1 Å². The van der Waals surface area contributed by atoms with Gasteiger partial charge in [-0.1, -0.05) is 24.6 Å². The molecule has 1 aromatic carbocycles. The zero-order chi connectivity index (χ0) is 12.3. The predicted octanol–water partition coefficient (Wildman–Crippen LogP) is 2.08. The highest BCUT2D eigenvalue weighted by atomic mass is 32.2. The van der Waals surface area contributed by atoms with Crippen molar-refractivity contribution in [1.82, 2.24) is 0 Å². The zero-order valence-corrected chi connectivity index (χ0v) is 10.4. The Morgan fingerprint density at radius 3 is 2.53 bits per heavy atom. The maximum Gasteiger partial charge on any atom is 0.178 e. The van der Waals surface area contributed by atoms with Crippen molar-refractivity contribution in [2.24, 2.45) is 11.8 Å². The van der Waals surface area contributed by atoms with Crippen LogP contribution in [0.2, 0.25) is 0 Å². The van der Waals surface area contributed by atoms with Crippen LogP contribution in [0.4, 0.5) is 0 Å². The van der Waals surface area contributed by atoms with Crippen LogP contribution < -0.4 is 0 Å². The van der Waals surface area contributed by atoms with Gasteiger partial charge < -0.3 is 4.79 Å². The lowest BCUT2D eigenvalue weighted by Crippen LogP contribution is -2.20. The summed E-state index contributed by atoms with van der Waals surface area (Å²) in [6.45, 7) is 0. The van der Waals surface area contributed by atoms with Crippen molar-refractivity contribution in [3.05, 3.63) is 30.3 Å². The molecule has 0 aliphatic heterocycles. The molecule has 1 saturated carbocycles. The van der Waals surface area contributed by atoms with Gasteiger partial charge in [-0.3, -0.25) is 0 Å². The fraction of sp³-hybridized carbons (Fsp3) is 0.462. The number of rotatable bonds is 4. The molecule has 0 saturated heterocycles. The molecule has 0 heterocycles. The van der Waals surface area contributed by atoms with Gasteiger partial charge in [-0.25, -0.2) is 8.42 Å². The summed E-state index contributed by atoms with van der Waals surface area (Å²) in [5, 5.41) is 0. The third-order valence-electron chi connectivity index (χ3n) is 3.43. The Morgan fingerprint density at radius 2 is 1.88 bits per heavy atom. The van der Waals surface area contributed by atoms with Crippen molar-refractivity contribution in [2.45, 2.75) is 24.2 Å². The van der Waals surface area contributed by atoms with Crippen LogP contribution in [0.1, 0.15) is 19.3 Å². The minimum absolute atomic E-state index is 0.00212. The molecular weight excluding hydrogens is 236 g/mol. The summed E-state index contributed by atoms with van der Waals surface area (Å²) in [4.78, 5) is 11.2. The second-order valence-electron chi connectivity index (χ2n) is 4.59. The molecule has 1 aliphatic rings. The first-order chi connectivity index (χ1) is 8.13. The second-order valence-corrected chi connectivity index (χ2v) is 6.62. The molecule has 0 unspecified atom stereocenters. The summed E-state index contributed by atoms with van der Waals surface area (Å²) in [6, 6.07) is 8.46. The Kier molecular flexibility index (Phi) is 3.62. The summed E-state index contributed by atoms with van der Waals surface area (Å²) in [6.07, 6.45) is 3.55. The van der Waals surface area contributed by atoms with E-state index in [-0.39, 0.29) is 17.6 Å². The van der Waals surface area contributed by atoms with E-state index < -0.39 is 9.84 Å². The van der Waals surface area contributed by atoms with Gasteiger partial charge in [0, 0.05) is 5.92 Å². The van der Waals surface area contributed by atoms with Gasteiger partial charge in [-0.2, -0.15) is 0 Å². The molecule has 92 valence electrons. The van der Waals surface area contributed by atoms with Crippen molar-refractivity contribution in [3.8, 4) is 0 Å². The van der Waals surface area contributed by atoms with Crippen LogP contribution >= 0.6 is 0 Å². The van der Waals surface area contributed by atoms with Crippen LogP contribution in [0, 0.1) is 11.8 Å². The average Bonchev–Trinajstić information content (AvgIpc) is 2.77. The van der Waals surface area contributed by atoms with Crippen molar-refractivity contribution in [2.75, 3.05) is 5.75 Å². The number of hydrogen-bond acceptors (Lipinski definition) is 3. The molecule has 1 aromatic rings. The second kappa shape index (κ2) is 5.00. The monoisotopic (exact) mass is 252 g/mol. The number of sulfone groups is 1. The fourth-order valence-electron chi connectivity index (χ4n) is 2.46. The van der Waals surface area contributed by atoms with Gasteiger partial charge in [0.15, 0.2) is 9.84 Å². The van der Waals surface area contributed by atoms with Gasteiger partial charge in [0.05, 0.1) is 10.6 Å². The molecule has 4 heteroatoms. The highest BCUT2D eigenvalue weighted by Gasteiger charge is 2.31. The molecule has 0 radical (unpaired) electrons. The van der Waals surface area contributed by atoms with Crippen LogP contribution in [0.5, 0.6) is 0 Å². The maximum atomic E-state index is 12.1. The van der Waals surface area contributed by atoms with Gasteiger partial charge in [0.25, 0.3) is 0 Å². The van der Waals surface area contributed by atoms with Crippen LogP contribution in [0.3, 0.4) is 0 Å². The first kappa shape index (κ1) is 12.3. The molecule has 0 amide bonds. The summed E-state index contributed by atoms with van der Waals surface area (Å²) >= 11 is 0. The fourth-order valence-corrected chi connectivity index (χ4v) is 4.20. The first-order valence-corrected chi connectivity index (χ1v) is 7.52. The van der Waals surface area contributed by atoms with Gasteiger partial charge in [0.1, 0.15) is 6.29 Å². The summed E-state index contributed by atoms with van der Waals surface area (Å²) < 4.78 is 24.3. The minimum Gasteiger partial charge on any atom is -0.303 e. The van der Waals surface area contributed by atoms with Gasteiger partial charge in [0.2, 0.25) is 0 Å². The third-order valence-corrected chi connectivity index (χ3v) is 5.29. The summed E-state index contributed by atoms with van der Waals surface area (Å²) in [7, 11) is -3.25. The molecule has 0 spiro atoms. The summed E-state index contributed by atoms with van der Waals surface area (Å²) in [5.74, 6) is 0.0200. The van der Waals surface area contributed by atoms with Crippen molar-refractivity contribution < 1.29 is 13.2 Å². The molecule has 0 bridgehead atoms. The first-order valence-electron chi connectivity index (χ1n) is 5.86. The van der Waals surface area contributed by atoms with Crippen LogP contribution in [0.15, 0.2) is 35.2 Å². The van der Waals surface area contributed by atoms with Crippen LogP contribution in [0.25, 0.3) is 0 Å². The molecule has 1 aliphatic carbocycles. The molecule has 1 fully saturated rings. The van der Waals surface area contributed by atoms with Crippen molar-refractivity contribution in [3.63, 3.8) is 0 Å². The normalized spacial score (nSPS) is 24.7. The molecule has 2 rings (SSSR count). The highest BCUT2D eigenvalue weighted by molar-refractivity contribution is 7.91. The largest absolute Gasteiger partial charge is 0.303 e. The Balaban J connectivity index is 2.15. The SMILES string of the molecule is O=C[C@H]1CCC[C@@H]1CS(=O)(=O)c1ccccc1. The molecule has 0 N–H and O–H groups in total. The van der Waals surface area contributed by atoms with E-state index in [1.165, 1.54) is 0 Å². The zero-order valence-electron chi connectivity index (χ0n) is 9.58. The van der Waals surface area contributed by atoms with E-state index in [9.17, 15) is 13.2 Å². The Hall–Kier alpha value is -1.16. The van der Waals surface area contributed by atoms with Crippen LogP contribution in [-0.2, 0) is 14.6 Å². The molecule has 3 nitrogen and oxygen atoms in total. The molecule has 0 aromatic heterocycles. The van der Waals surface area contributed by atoms with E-state index in [0.29, 0.717) is 4.90 Å². The number of carbonyl (C=O) groups excluding carboxylic acids is 1. The Bertz CT molecular complexity index is 479. The standard InChI is InChI=1S/C13H16O3S/c14-9-11-5-4-6-12(11)10-17(15,16)13-7-2-1-3-8-13/h1-3,7-9,11-12H,4-6,10H2/t11-,12-/m1/s1. The van der Waals surface area contributed by atoms with E-state index in [1.807, 2.05) is 0 Å². The Labute approximate surface area is 102 Å². The van der Waals surface area contributed by atoms with Gasteiger partial charge in [-0.05, 0) is 30.9 Å². The number of benzene rings is 1. The molecule has 17 heavy (non-hydrogen) atoms. The molecular formula is C13H16O3S. The van der Waals surface area contributed by atoms with E-state index >= 15 is 0 Å². The van der Waals surface area contributed by atoms with E-state index in [4.69, 9.17) is 0 Å². The topological polar surface area (TPSA) is 51.2 Å². The van der Waals surface area contributed by atoms with Gasteiger partial charge in [-0.15, -0.1) is 0 Å².